The van der Waals surface area contributed by atoms with Gasteiger partial charge in [0.05, 0.1) is 17.7 Å². The first kappa shape index (κ1) is 22.1. The van der Waals surface area contributed by atoms with Crippen LogP contribution in [0.4, 0.5) is 5.13 Å². The lowest BCUT2D eigenvalue weighted by atomic mass is 9.78. The Labute approximate surface area is 190 Å². The van der Waals surface area contributed by atoms with Gasteiger partial charge in [-0.05, 0) is 29.5 Å². The summed E-state index contributed by atoms with van der Waals surface area (Å²) >= 11 is 1.59. The van der Waals surface area contributed by atoms with Crippen molar-refractivity contribution in [2.45, 2.75) is 33.2 Å². The Morgan fingerprint density at radius 2 is 1.97 bits per heavy atom. The van der Waals surface area contributed by atoms with Gasteiger partial charge in [0, 0.05) is 49.7 Å². The normalized spacial score (nSPS) is 15.1. The number of nitrogens with zero attached hydrogens (tertiary/aromatic N) is 3. The van der Waals surface area contributed by atoms with Crippen LogP contribution in [0.25, 0.3) is 21.7 Å². The van der Waals surface area contributed by atoms with Crippen molar-refractivity contribution in [2.75, 3.05) is 26.1 Å². The van der Waals surface area contributed by atoms with Gasteiger partial charge in [0.1, 0.15) is 11.3 Å². The fourth-order valence-corrected chi connectivity index (χ4v) is 5.06. The number of anilines is 1. The van der Waals surface area contributed by atoms with Gasteiger partial charge in [-0.15, -0.1) is 0 Å². The number of aromatic carboxylic acids is 1. The van der Waals surface area contributed by atoms with Crippen molar-refractivity contribution in [1.29, 1.82) is 0 Å². The van der Waals surface area contributed by atoms with Crippen molar-refractivity contribution in [2.24, 2.45) is 5.41 Å². The number of aromatic nitrogens is 2. The molecule has 1 aliphatic rings. The zero-order valence-electron chi connectivity index (χ0n) is 19.1. The summed E-state index contributed by atoms with van der Waals surface area (Å²) in [7, 11) is 5.54. The van der Waals surface area contributed by atoms with E-state index in [1.165, 1.54) is 12.3 Å². The average Bonchev–Trinajstić information content (AvgIpc) is 3.21. The van der Waals surface area contributed by atoms with E-state index in [1.807, 2.05) is 35.8 Å². The molecule has 32 heavy (non-hydrogen) atoms. The molecule has 0 amide bonds. The Morgan fingerprint density at radius 3 is 2.53 bits per heavy atom. The highest BCUT2D eigenvalue weighted by molar-refractivity contribution is 7.18. The molecular formula is C24H27N3O4S. The van der Waals surface area contributed by atoms with Crippen molar-refractivity contribution in [3.8, 4) is 27.4 Å². The van der Waals surface area contributed by atoms with E-state index in [0.29, 0.717) is 17.9 Å². The van der Waals surface area contributed by atoms with Crippen molar-refractivity contribution in [3.63, 3.8) is 0 Å². The first-order valence-electron chi connectivity index (χ1n) is 10.4. The van der Waals surface area contributed by atoms with Crippen molar-refractivity contribution < 1.29 is 14.6 Å². The molecule has 0 saturated carbocycles. The molecule has 8 heteroatoms. The second kappa shape index (κ2) is 7.78. The van der Waals surface area contributed by atoms with Crippen LogP contribution in [-0.4, -0.2) is 41.8 Å². The summed E-state index contributed by atoms with van der Waals surface area (Å²) in [6.45, 7) is 6.38. The molecule has 1 aliphatic heterocycles. The average molecular weight is 454 g/mol. The molecule has 0 radical (unpaired) electrons. The third-order valence-corrected chi connectivity index (χ3v) is 7.10. The van der Waals surface area contributed by atoms with Crippen LogP contribution in [0, 0.1) is 5.41 Å². The maximum absolute atomic E-state index is 12.6. The minimum Gasteiger partial charge on any atom is -0.496 e. The van der Waals surface area contributed by atoms with Gasteiger partial charge in [0.2, 0.25) is 0 Å². The summed E-state index contributed by atoms with van der Waals surface area (Å²) in [6, 6.07) is 5.50. The largest absolute Gasteiger partial charge is 0.496 e. The first-order chi connectivity index (χ1) is 15.0. The quantitative estimate of drug-likeness (QED) is 0.624. The summed E-state index contributed by atoms with van der Waals surface area (Å²) in [6.07, 6.45) is 4.06. The molecule has 4 rings (SSSR count). The third-order valence-electron chi connectivity index (χ3n) is 5.90. The standard InChI is InChI=1S/C24H27N3O4S/c1-24(2,3)21-8-13-7-15(20-11-25-23(32-20)26(4)5)19(31-6)9-14(13)17-10-18(28)16(22(29)30)12-27(17)21/h7,9-12,21H,8H2,1-6H3,(H,29,30). The van der Waals surface area contributed by atoms with E-state index in [9.17, 15) is 14.7 Å². The maximum atomic E-state index is 12.6. The van der Waals surface area contributed by atoms with Crippen LogP contribution in [0.15, 0.2) is 35.4 Å². The number of pyridine rings is 1. The fourth-order valence-electron chi connectivity index (χ4n) is 4.20. The highest BCUT2D eigenvalue weighted by Gasteiger charge is 2.34. The molecule has 2 aromatic heterocycles. The number of carbonyl (C=O) groups is 1. The monoisotopic (exact) mass is 453 g/mol. The van der Waals surface area contributed by atoms with Crippen LogP contribution in [0.2, 0.25) is 0 Å². The molecule has 1 N–H and O–H groups in total. The molecule has 0 bridgehead atoms. The smallest absolute Gasteiger partial charge is 0.341 e. The van der Waals surface area contributed by atoms with E-state index in [1.54, 1.807) is 18.4 Å². The lowest BCUT2D eigenvalue weighted by molar-refractivity contribution is 0.0693. The van der Waals surface area contributed by atoms with Crippen LogP contribution in [0.5, 0.6) is 5.75 Å². The lowest BCUT2D eigenvalue weighted by Gasteiger charge is -2.39. The minimum absolute atomic E-state index is 0.0104. The van der Waals surface area contributed by atoms with E-state index < -0.39 is 11.4 Å². The Balaban J connectivity index is 1.96. The fraction of sp³-hybridized carbons (Fsp3) is 0.375. The molecule has 3 heterocycles. The van der Waals surface area contributed by atoms with E-state index in [0.717, 1.165) is 26.7 Å². The lowest BCUT2D eigenvalue weighted by Crippen LogP contribution is -2.32. The van der Waals surface area contributed by atoms with Crippen LogP contribution in [0.3, 0.4) is 0 Å². The SMILES string of the molecule is COc1cc2c(cc1-c1cnc(N(C)C)s1)CC(C(C)(C)C)n1cc(C(=O)O)c(=O)cc1-2. The summed E-state index contributed by atoms with van der Waals surface area (Å²) < 4.78 is 7.67. The van der Waals surface area contributed by atoms with Crippen molar-refractivity contribution in [3.05, 3.63) is 51.9 Å². The number of fused-ring (bicyclic) bond motifs is 3. The van der Waals surface area contributed by atoms with Crippen LogP contribution >= 0.6 is 11.3 Å². The van der Waals surface area contributed by atoms with Crippen LogP contribution in [-0.2, 0) is 6.42 Å². The van der Waals surface area contributed by atoms with Gasteiger partial charge in [-0.1, -0.05) is 32.1 Å². The van der Waals surface area contributed by atoms with Gasteiger partial charge in [0.15, 0.2) is 10.6 Å². The van der Waals surface area contributed by atoms with Gasteiger partial charge in [0.25, 0.3) is 0 Å². The molecule has 0 spiro atoms. The predicted octanol–water partition coefficient (Wildman–Crippen LogP) is 4.55. The molecule has 1 aromatic carbocycles. The highest BCUT2D eigenvalue weighted by Crippen LogP contribution is 2.46. The van der Waals surface area contributed by atoms with Gasteiger partial charge in [-0.25, -0.2) is 9.78 Å². The Bertz CT molecular complexity index is 1270. The zero-order chi connectivity index (χ0) is 23.4. The number of thiazole rings is 1. The number of carboxylic acids is 1. The molecule has 3 aromatic rings. The molecule has 168 valence electrons. The third kappa shape index (κ3) is 3.68. The Kier molecular flexibility index (Phi) is 5.36. The molecule has 1 unspecified atom stereocenters. The molecule has 1 atom stereocenters. The maximum Gasteiger partial charge on any atom is 0.341 e. The van der Waals surface area contributed by atoms with Gasteiger partial charge < -0.3 is 19.3 Å². The molecule has 0 aliphatic carbocycles. The summed E-state index contributed by atoms with van der Waals surface area (Å²) in [4.78, 5) is 31.7. The van der Waals surface area contributed by atoms with E-state index >= 15 is 0 Å². The molecular weight excluding hydrogens is 426 g/mol. The first-order valence-corrected chi connectivity index (χ1v) is 11.2. The number of methoxy groups -OCH3 is 1. The number of benzene rings is 1. The zero-order valence-corrected chi connectivity index (χ0v) is 19.9. The predicted molar refractivity (Wildman–Crippen MR) is 127 cm³/mol. The second-order valence-electron chi connectivity index (χ2n) is 9.35. The van der Waals surface area contributed by atoms with Gasteiger partial charge in [-0.2, -0.15) is 0 Å². The van der Waals surface area contributed by atoms with Gasteiger partial charge >= 0.3 is 5.97 Å². The van der Waals surface area contributed by atoms with E-state index in [4.69, 9.17) is 4.74 Å². The number of ether oxygens (including phenoxy) is 1. The number of rotatable bonds is 4. The van der Waals surface area contributed by atoms with Gasteiger partial charge in [-0.3, -0.25) is 4.79 Å². The Hall–Kier alpha value is -3.13. The molecule has 0 fully saturated rings. The van der Waals surface area contributed by atoms with E-state index in [-0.39, 0.29) is 17.0 Å². The number of carboxylic acid groups (broad SMARTS) is 1. The number of hydrogen-bond donors (Lipinski definition) is 1. The highest BCUT2D eigenvalue weighted by atomic mass is 32.1. The summed E-state index contributed by atoms with van der Waals surface area (Å²) in [5, 5.41) is 10.4. The Morgan fingerprint density at radius 1 is 1.25 bits per heavy atom. The summed E-state index contributed by atoms with van der Waals surface area (Å²) in [5.41, 5.74) is 2.80. The van der Waals surface area contributed by atoms with E-state index in [2.05, 4.69) is 31.8 Å². The van der Waals surface area contributed by atoms with Crippen molar-refractivity contribution >= 4 is 22.4 Å². The van der Waals surface area contributed by atoms with Crippen LogP contribution in [0.1, 0.15) is 42.7 Å². The van der Waals surface area contributed by atoms with Crippen molar-refractivity contribution in [1.82, 2.24) is 9.55 Å². The second-order valence-corrected chi connectivity index (χ2v) is 10.4. The summed E-state index contributed by atoms with van der Waals surface area (Å²) in [5.74, 6) is -0.521. The van der Waals surface area contributed by atoms with Crippen LogP contribution < -0.4 is 15.1 Å². The molecule has 0 saturated heterocycles. The topological polar surface area (TPSA) is 84.7 Å². The number of hydrogen-bond acceptors (Lipinski definition) is 6. The minimum atomic E-state index is -1.21. The molecule has 7 nitrogen and oxygen atoms in total.